The molecule has 0 aromatic rings. The minimum atomic E-state index is -0.399. The molecule has 2 rings (SSSR count). The van der Waals surface area contributed by atoms with E-state index in [4.69, 9.17) is 4.74 Å². The second-order valence-corrected chi connectivity index (χ2v) is 6.44. The van der Waals surface area contributed by atoms with Crippen LogP contribution in [0.1, 0.15) is 40.5 Å². The SMILES string of the molecule is CN1C(=O)CC(NC2CC(C)(C)OC2(C)C)C1=O. The highest BCUT2D eigenvalue weighted by Crippen LogP contribution is 2.37. The second kappa shape index (κ2) is 4.03. The van der Waals surface area contributed by atoms with Gasteiger partial charge in [0, 0.05) is 13.1 Å². The first-order valence-electron chi connectivity index (χ1n) is 6.39. The van der Waals surface area contributed by atoms with Gasteiger partial charge in [0.15, 0.2) is 0 Å². The third-order valence-corrected chi connectivity index (χ3v) is 3.86. The monoisotopic (exact) mass is 254 g/mol. The smallest absolute Gasteiger partial charge is 0.246 e. The summed E-state index contributed by atoms with van der Waals surface area (Å²) in [5, 5.41) is 3.30. The van der Waals surface area contributed by atoms with Gasteiger partial charge in [0.05, 0.1) is 23.7 Å². The number of carbonyl (C=O) groups is 2. The van der Waals surface area contributed by atoms with Gasteiger partial charge in [0.2, 0.25) is 11.8 Å². The van der Waals surface area contributed by atoms with E-state index in [1.165, 1.54) is 11.9 Å². The van der Waals surface area contributed by atoms with Crippen LogP contribution in [0, 0.1) is 0 Å². The molecule has 0 aromatic carbocycles. The lowest BCUT2D eigenvalue weighted by Gasteiger charge is -2.29. The van der Waals surface area contributed by atoms with E-state index in [2.05, 4.69) is 5.32 Å². The van der Waals surface area contributed by atoms with Crippen molar-refractivity contribution in [2.45, 2.75) is 63.8 Å². The molecule has 2 aliphatic rings. The van der Waals surface area contributed by atoms with Crippen LogP contribution in [-0.4, -0.2) is 47.0 Å². The molecule has 0 bridgehead atoms. The Balaban J connectivity index is 2.07. The maximum absolute atomic E-state index is 11.9. The van der Waals surface area contributed by atoms with Gasteiger partial charge in [0.25, 0.3) is 0 Å². The standard InChI is InChI=1S/C13H22N2O3/c1-12(2)7-9(13(3,4)18-12)14-8-6-10(16)15(5)11(8)17/h8-9,14H,6-7H2,1-5H3. The topological polar surface area (TPSA) is 58.6 Å². The van der Waals surface area contributed by atoms with Crippen LogP contribution >= 0.6 is 0 Å². The molecule has 0 saturated carbocycles. The summed E-state index contributed by atoms with van der Waals surface area (Å²) in [5.41, 5.74) is -0.521. The van der Waals surface area contributed by atoms with Gasteiger partial charge in [-0.3, -0.25) is 19.8 Å². The first-order valence-corrected chi connectivity index (χ1v) is 6.39. The van der Waals surface area contributed by atoms with Crippen molar-refractivity contribution < 1.29 is 14.3 Å². The van der Waals surface area contributed by atoms with Gasteiger partial charge in [-0.15, -0.1) is 0 Å². The van der Waals surface area contributed by atoms with Crippen LogP contribution < -0.4 is 5.32 Å². The maximum atomic E-state index is 11.9. The Kier molecular flexibility index (Phi) is 3.02. The van der Waals surface area contributed by atoms with Crippen molar-refractivity contribution in [1.29, 1.82) is 0 Å². The molecule has 0 aliphatic carbocycles. The van der Waals surface area contributed by atoms with Crippen molar-refractivity contribution in [2.24, 2.45) is 0 Å². The van der Waals surface area contributed by atoms with E-state index in [0.717, 1.165) is 6.42 Å². The largest absolute Gasteiger partial charge is 0.368 e. The number of nitrogens with one attached hydrogen (secondary N) is 1. The van der Waals surface area contributed by atoms with Crippen molar-refractivity contribution in [1.82, 2.24) is 10.2 Å². The average Bonchev–Trinajstić information content (AvgIpc) is 2.55. The summed E-state index contributed by atoms with van der Waals surface area (Å²) in [6, 6.07) is -0.315. The zero-order valence-corrected chi connectivity index (χ0v) is 11.7. The van der Waals surface area contributed by atoms with Gasteiger partial charge in [0.1, 0.15) is 0 Å². The Morgan fingerprint density at radius 2 is 1.89 bits per heavy atom. The van der Waals surface area contributed by atoms with Crippen LogP contribution in [0.4, 0.5) is 0 Å². The molecule has 18 heavy (non-hydrogen) atoms. The Bertz CT molecular complexity index is 390. The summed E-state index contributed by atoms with van der Waals surface area (Å²) in [6.07, 6.45) is 1.09. The number of hydrogen-bond acceptors (Lipinski definition) is 4. The Morgan fingerprint density at radius 3 is 2.28 bits per heavy atom. The predicted molar refractivity (Wildman–Crippen MR) is 67.0 cm³/mol. The zero-order valence-electron chi connectivity index (χ0n) is 11.7. The summed E-state index contributed by atoms with van der Waals surface area (Å²) < 4.78 is 5.98. The van der Waals surface area contributed by atoms with Gasteiger partial charge in [-0.25, -0.2) is 0 Å². The summed E-state index contributed by atoms with van der Waals surface area (Å²) >= 11 is 0. The number of amides is 2. The lowest BCUT2D eigenvalue weighted by atomic mass is 9.93. The van der Waals surface area contributed by atoms with E-state index in [9.17, 15) is 9.59 Å². The van der Waals surface area contributed by atoms with Crippen molar-refractivity contribution >= 4 is 11.8 Å². The van der Waals surface area contributed by atoms with Gasteiger partial charge >= 0.3 is 0 Å². The molecule has 2 aliphatic heterocycles. The summed E-state index contributed by atoms with van der Waals surface area (Å²) in [6.45, 7) is 8.13. The lowest BCUT2D eigenvalue weighted by molar-refractivity contribution is -0.137. The molecule has 5 heteroatoms. The van der Waals surface area contributed by atoms with Gasteiger partial charge in [-0.1, -0.05) is 0 Å². The molecular formula is C13H22N2O3. The van der Waals surface area contributed by atoms with Gasteiger partial charge < -0.3 is 4.74 Å². The van der Waals surface area contributed by atoms with E-state index >= 15 is 0 Å². The molecular weight excluding hydrogens is 232 g/mol. The summed E-state index contributed by atoms with van der Waals surface area (Å²) in [5.74, 6) is -0.256. The molecule has 2 saturated heterocycles. The van der Waals surface area contributed by atoms with Crippen LogP contribution in [0.25, 0.3) is 0 Å². The molecule has 0 radical (unpaired) electrons. The number of likely N-dealkylation sites (tertiary alicyclic amines) is 1. The van der Waals surface area contributed by atoms with E-state index < -0.39 is 6.04 Å². The second-order valence-electron chi connectivity index (χ2n) is 6.44. The predicted octanol–water partition coefficient (Wildman–Crippen LogP) is 0.679. The Hall–Kier alpha value is -0.940. The van der Waals surface area contributed by atoms with Crippen LogP contribution in [0.3, 0.4) is 0 Å². The van der Waals surface area contributed by atoms with Crippen molar-refractivity contribution in [3.63, 3.8) is 0 Å². The summed E-state index contributed by atoms with van der Waals surface area (Å²) in [4.78, 5) is 24.6. The van der Waals surface area contributed by atoms with Crippen molar-refractivity contribution in [3.8, 4) is 0 Å². The fraction of sp³-hybridized carbons (Fsp3) is 0.846. The number of imide groups is 1. The minimum absolute atomic E-state index is 0.0840. The van der Waals surface area contributed by atoms with E-state index in [1.807, 2.05) is 27.7 Å². The molecule has 2 amide bonds. The first kappa shape index (κ1) is 13.5. The number of ether oxygens (including phenoxy) is 1. The molecule has 5 nitrogen and oxygen atoms in total. The number of carbonyl (C=O) groups excluding carboxylic acids is 2. The van der Waals surface area contributed by atoms with Crippen LogP contribution in [0.15, 0.2) is 0 Å². The molecule has 102 valence electrons. The fourth-order valence-electron chi connectivity index (χ4n) is 2.95. The third-order valence-electron chi connectivity index (χ3n) is 3.86. The van der Waals surface area contributed by atoms with Gasteiger partial charge in [-0.2, -0.15) is 0 Å². The molecule has 0 spiro atoms. The Morgan fingerprint density at radius 1 is 1.28 bits per heavy atom. The molecule has 0 aromatic heterocycles. The number of rotatable bonds is 2. The van der Waals surface area contributed by atoms with Crippen LogP contribution in [-0.2, 0) is 14.3 Å². The number of likely N-dealkylation sites (N-methyl/N-ethyl adjacent to an activating group) is 1. The van der Waals surface area contributed by atoms with Crippen molar-refractivity contribution in [2.75, 3.05) is 7.05 Å². The molecule has 2 heterocycles. The molecule has 2 atom stereocenters. The zero-order chi connectivity index (χ0) is 13.7. The Labute approximate surface area is 108 Å². The summed E-state index contributed by atoms with van der Waals surface area (Å²) in [7, 11) is 1.53. The number of nitrogens with zero attached hydrogens (tertiary/aromatic N) is 1. The van der Waals surface area contributed by atoms with Crippen LogP contribution in [0.2, 0.25) is 0 Å². The van der Waals surface area contributed by atoms with Crippen LogP contribution in [0.5, 0.6) is 0 Å². The third kappa shape index (κ3) is 2.29. The normalized spacial score (nSPS) is 34.4. The van der Waals surface area contributed by atoms with Gasteiger partial charge in [-0.05, 0) is 34.1 Å². The number of hydrogen-bond donors (Lipinski definition) is 1. The van der Waals surface area contributed by atoms with Crippen molar-refractivity contribution in [3.05, 3.63) is 0 Å². The first-order chi connectivity index (χ1) is 8.12. The maximum Gasteiger partial charge on any atom is 0.246 e. The fourth-order valence-corrected chi connectivity index (χ4v) is 2.95. The molecule has 2 unspecified atom stereocenters. The van der Waals surface area contributed by atoms with E-state index in [1.54, 1.807) is 0 Å². The van der Waals surface area contributed by atoms with E-state index in [0.29, 0.717) is 0 Å². The highest BCUT2D eigenvalue weighted by molar-refractivity contribution is 6.05. The lowest BCUT2D eigenvalue weighted by Crippen LogP contribution is -2.50. The van der Waals surface area contributed by atoms with E-state index in [-0.39, 0.29) is 35.5 Å². The quantitative estimate of drug-likeness (QED) is 0.736. The highest BCUT2D eigenvalue weighted by atomic mass is 16.5. The highest BCUT2D eigenvalue weighted by Gasteiger charge is 2.48. The average molecular weight is 254 g/mol. The molecule has 2 fully saturated rings. The minimum Gasteiger partial charge on any atom is -0.368 e. The molecule has 1 N–H and O–H groups in total.